The van der Waals surface area contributed by atoms with Crippen LogP contribution < -0.4 is 4.90 Å². The first-order chi connectivity index (χ1) is 32.5. The zero-order valence-electron chi connectivity index (χ0n) is 35.0. The number of benzene rings is 8. The summed E-state index contributed by atoms with van der Waals surface area (Å²) < 4.78 is 35.9. The van der Waals surface area contributed by atoms with Crippen molar-refractivity contribution in [1.29, 1.82) is 0 Å². The summed E-state index contributed by atoms with van der Waals surface area (Å²) >= 11 is 3.32. The zero-order chi connectivity index (χ0) is 43.6. The van der Waals surface area contributed by atoms with Crippen LogP contribution in [0.1, 0.15) is 17.0 Å². The third-order valence-electron chi connectivity index (χ3n) is 13.5. The Labute approximate surface area is 385 Å². The van der Waals surface area contributed by atoms with Gasteiger partial charge in [-0.1, -0.05) is 91.0 Å². The first-order valence-corrected chi connectivity index (χ1v) is 23.6. The molecule has 1 aliphatic carbocycles. The van der Waals surface area contributed by atoms with Crippen molar-refractivity contribution >= 4 is 102 Å². The van der Waals surface area contributed by atoms with Gasteiger partial charge in [0.1, 0.15) is 11.6 Å². The number of thiophene rings is 2. The maximum absolute atomic E-state index is 14.6. The molecule has 12 aromatic rings. The number of allylic oxidation sites excluding steroid dienone is 2. The van der Waals surface area contributed by atoms with Crippen molar-refractivity contribution in [3.63, 3.8) is 0 Å². The predicted molar refractivity (Wildman–Crippen MR) is 272 cm³/mol. The lowest BCUT2D eigenvalue weighted by atomic mass is 9.86. The van der Waals surface area contributed by atoms with Crippen LogP contribution in [0.2, 0.25) is 0 Å². The van der Waals surface area contributed by atoms with E-state index in [4.69, 9.17) is 9.97 Å². The maximum atomic E-state index is 14.6. The minimum absolute atomic E-state index is 0.0325. The zero-order valence-corrected chi connectivity index (χ0v) is 36.6. The second-order valence-corrected chi connectivity index (χ2v) is 19.4. The van der Waals surface area contributed by atoms with Crippen LogP contribution in [0.25, 0.3) is 95.9 Å². The van der Waals surface area contributed by atoms with E-state index >= 15 is 0 Å². The van der Waals surface area contributed by atoms with Crippen molar-refractivity contribution in [2.75, 3.05) is 4.90 Å². The molecule has 5 heterocycles. The first-order valence-electron chi connectivity index (χ1n) is 22.0. The van der Waals surface area contributed by atoms with Crippen LogP contribution in [0.3, 0.4) is 0 Å². The Morgan fingerprint density at radius 2 is 1.03 bits per heavy atom. The second kappa shape index (κ2) is 14.4. The molecular formula is C58H34F2N4S2. The molecule has 0 bridgehead atoms. The Morgan fingerprint density at radius 3 is 1.73 bits per heavy atom. The summed E-state index contributed by atoms with van der Waals surface area (Å²) in [7, 11) is 0. The molecule has 2 aliphatic rings. The van der Waals surface area contributed by atoms with Gasteiger partial charge in [0, 0.05) is 79.5 Å². The number of fused-ring (bicyclic) bond motifs is 12. The van der Waals surface area contributed by atoms with Crippen molar-refractivity contribution < 1.29 is 8.78 Å². The molecule has 0 saturated carbocycles. The Morgan fingerprint density at radius 1 is 0.470 bits per heavy atom. The van der Waals surface area contributed by atoms with Gasteiger partial charge >= 0.3 is 0 Å². The summed E-state index contributed by atoms with van der Waals surface area (Å²) in [4.78, 5) is 13.1. The van der Waals surface area contributed by atoms with Crippen LogP contribution >= 0.6 is 22.7 Å². The van der Waals surface area contributed by atoms with Crippen LogP contribution in [0, 0.1) is 11.6 Å². The van der Waals surface area contributed by atoms with Gasteiger partial charge in [0.25, 0.3) is 0 Å². The quantitative estimate of drug-likeness (QED) is 0.173. The van der Waals surface area contributed by atoms with Crippen LogP contribution in [0.4, 0.5) is 20.4 Å². The van der Waals surface area contributed by atoms with Crippen molar-refractivity contribution in [3.05, 3.63) is 217 Å². The monoisotopic (exact) mass is 888 g/mol. The van der Waals surface area contributed by atoms with Crippen molar-refractivity contribution in [1.82, 2.24) is 14.5 Å². The van der Waals surface area contributed by atoms with E-state index in [1.807, 2.05) is 12.1 Å². The molecule has 14 rings (SSSR count). The van der Waals surface area contributed by atoms with Gasteiger partial charge in [-0.25, -0.2) is 18.7 Å². The summed E-state index contributed by atoms with van der Waals surface area (Å²) in [6, 6.07) is 59.3. The van der Waals surface area contributed by atoms with Gasteiger partial charge in [-0.2, -0.15) is 0 Å². The molecule has 8 heteroatoms. The standard InChI is InChI=1S/C58H34F2N4S2/c59-37-18-24-56-46(30-37)44-28-35(16-22-54(44)65-56)48-32-49(36-17-23-55-45(29-36)47-31-38(60)19-25-57(47)66-55)62-58(61-48)64-51-13-7-5-11-41(51)43-27-34(15-21-53(43)64)33-14-20-52-42(26-33)40-10-4-6-12-50(40)63(52)39-8-2-1-3-9-39/h1-32,43,53H. The highest BCUT2D eigenvalue weighted by molar-refractivity contribution is 7.26. The number of aromatic nitrogens is 3. The number of anilines is 2. The lowest BCUT2D eigenvalue weighted by Crippen LogP contribution is -2.30. The Kier molecular flexibility index (Phi) is 8.18. The van der Waals surface area contributed by atoms with Gasteiger partial charge in [0.05, 0.1) is 28.5 Å². The minimum Gasteiger partial charge on any atom is -0.309 e. The summed E-state index contributed by atoms with van der Waals surface area (Å²) in [5.74, 6) is 0.102. The van der Waals surface area contributed by atoms with Crippen molar-refractivity contribution in [2.45, 2.75) is 12.0 Å². The maximum Gasteiger partial charge on any atom is 0.231 e. The second-order valence-electron chi connectivity index (χ2n) is 17.2. The fourth-order valence-corrected chi connectivity index (χ4v) is 12.6. The molecule has 312 valence electrons. The van der Waals surface area contributed by atoms with Crippen LogP contribution in [-0.4, -0.2) is 20.6 Å². The number of halogens is 2. The predicted octanol–water partition coefficient (Wildman–Crippen LogP) is 16.2. The van der Waals surface area contributed by atoms with Crippen molar-refractivity contribution in [3.8, 4) is 28.2 Å². The number of nitrogens with zero attached hydrogens (tertiary/aromatic N) is 4. The molecule has 0 N–H and O–H groups in total. The molecule has 0 radical (unpaired) electrons. The molecule has 66 heavy (non-hydrogen) atoms. The van der Waals surface area contributed by atoms with Gasteiger partial charge in [-0.3, -0.25) is 0 Å². The van der Waals surface area contributed by atoms with Crippen molar-refractivity contribution in [2.24, 2.45) is 0 Å². The average molecular weight is 889 g/mol. The number of rotatable bonds is 5. The minimum atomic E-state index is -0.258. The lowest BCUT2D eigenvalue weighted by molar-refractivity contribution is 0.629. The van der Waals surface area contributed by atoms with Crippen LogP contribution in [0.15, 0.2) is 194 Å². The highest BCUT2D eigenvalue weighted by atomic mass is 32.1. The first kappa shape index (κ1) is 37.6. The molecule has 0 spiro atoms. The fraction of sp³-hybridized carbons (Fsp3) is 0.0345. The topological polar surface area (TPSA) is 34.0 Å². The van der Waals surface area contributed by atoms with E-state index in [1.165, 1.54) is 45.1 Å². The molecule has 2 atom stereocenters. The number of hydrogen-bond donors (Lipinski definition) is 0. The summed E-state index contributed by atoms with van der Waals surface area (Å²) in [6.07, 6.45) is 6.98. The van der Waals surface area contributed by atoms with Crippen LogP contribution in [0.5, 0.6) is 0 Å². The van der Waals surface area contributed by atoms with Gasteiger partial charge < -0.3 is 9.47 Å². The third-order valence-corrected chi connectivity index (χ3v) is 15.8. The third kappa shape index (κ3) is 5.78. The summed E-state index contributed by atoms with van der Waals surface area (Å²) in [5, 5.41) is 6.20. The van der Waals surface area contributed by atoms with E-state index in [-0.39, 0.29) is 23.6 Å². The van der Waals surface area contributed by atoms with Gasteiger partial charge in [-0.15, -0.1) is 22.7 Å². The molecule has 4 nitrogen and oxygen atoms in total. The van der Waals surface area contributed by atoms with Crippen LogP contribution in [-0.2, 0) is 0 Å². The fourth-order valence-electron chi connectivity index (χ4n) is 10.4. The normalized spacial score (nSPS) is 15.7. The molecular weight excluding hydrogens is 855 g/mol. The van der Waals surface area contributed by atoms with Gasteiger partial charge in [-0.05, 0) is 120 Å². The molecule has 0 amide bonds. The number of para-hydroxylation sites is 3. The van der Waals surface area contributed by atoms with E-state index in [0.29, 0.717) is 5.95 Å². The molecule has 8 aromatic carbocycles. The highest BCUT2D eigenvalue weighted by Crippen LogP contribution is 2.50. The largest absolute Gasteiger partial charge is 0.309 e. The SMILES string of the molecule is Fc1ccc2sc3ccc(-c4cc(-c5ccc6sc7ccc(F)cc7c6c5)nc(N5c6ccccc6C6C=C(c7ccc8c(c7)c7ccccc7n8-c7ccccc7)C=CC65)n4)cc3c2c1. The van der Waals surface area contributed by atoms with E-state index in [9.17, 15) is 8.78 Å². The summed E-state index contributed by atoms with van der Waals surface area (Å²) in [5.41, 5.74) is 11.4. The van der Waals surface area contributed by atoms with E-state index in [1.54, 1.807) is 34.8 Å². The molecule has 0 saturated heterocycles. The number of hydrogen-bond acceptors (Lipinski definition) is 5. The Balaban J connectivity index is 0.915. The Hall–Kier alpha value is -7.78. The lowest BCUT2D eigenvalue weighted by Gasteiger charge is -2.28. The van der Waals surface area contributed by atoms with E-state index in [0.717, 1.165) is 79.8 Å². The molecule has 0 fully saturated rings. The van der Waals surface area contributed by atoms with Gasteiger partial charge in [0.2, 0.25) is 5.95 Å². The van der Waals surface area contributed by atoms with Gasteiger partial charge in [0.15, 0.2) is 0 Å². The molecule has 4 aromatic heterocycles. The van der Waals surface area contributed by atoms with E-state index < -0.39 is 0 Å². The molecule has 2 unspecified atom stereocenters. The Bertz CT molecular complexity index is 3930. The average Bonchev–Trinajstić information content (AvgIpc) is 4.10. The smallest absolute Gasteiger partial charge is 0.231 e. The highest BCUT2D eigenvalue weighted by Gasteiger charge is 2.40. The molecule has 1 aliphatic heterocycles. The van der Waals surface area contributed by atoms with E-state index in [2.05, 4.69) is 167 Å². The summed E-state index contributed by atoms with van der Waals surface area (Å²) in [6.45, 7) is 0.